The van der Waals surface area contributed by atoms with Gasteiger partial charge in [0.2, 0.25) is 11.7 Å². The van der Waals surface area contributed by atoms with Gasteiger partial charge in [0.25, 0.3) is 0 Å². The van der Waals surface area contributed by atoms with Gasteiger partial charge in [0, 0.05) is 45.6 Å². The van der Waals surface area contributed by atoms with Gasteiger partial charge in [-0.15, -0.1) is 0 Å². The molecule has 0 spiro atoms. The average molecular weight is 441 g/mol. The summed E-state index contributed by atoms with van der Waals surface area (Å²) in [7, 11) is 4.79. The number of hydrogen-bond donors (Lipinski definition) is 0. The fraction of sp³-hybridized carbons (Fsp3) is 0.480. The van der Waals surface area contributed by atoms with E-state index in [1.807, 2.05) is 17.0 Å². The summed E-state index contributed by atoms with van der Waals surface area (Å²) in [6.45, 7) is 5.00. The Bertz CT molecular complexity index is 954. The third-order valence-corrected chi connectivity index (χ3v) is 6.28. The Balaban J connectivity index is 1.29. The zero-order valence-corrected chi connectivity index (χ0v) is 19.2. The number of nitrogens with zero attached hydrogens (tertiary/aromatic N) is 2. The van der Waals surface area contributed by atoms with Crippen molar-refractivity contribution < 1.29 is 23.7 Å². The van der Waals surface area contributed by atoms with Crippen molar-refractivity contribution in [1.82, 2.24) is 9.80 Å². The molecule has 32 heavy (non-hydrogen) atoms. The molecule has 0 atom stereocenters. The molecule has 2 aliphatic heterocycles. The highest BCUT2D eigenvalue weighted by atomic mass is 16.5. The normalized spacial score (nSPS) is 15.8. The molecule has 1 fully saturated rings. The molecule has 0 saturated carbocycles. The molecule has 7 nitrogen and oxygen atoms in total. The number of methoxy groups -OCH3 is 3. The Morgan fingerprint density at radius 1 is 0.969 bits per heavy atom. The summed E-state index contributed by atoms with van der Waals surface area (Å²) in [6, 6.07) is 10.3. The second kappa shape index (κ2) is 10.1. The maximum atomic E-state index is 12.8. The van der Waals surface area contributed by atoms with Gasteiger partial charge < -0.3 is 23.8 Å². The molecule has 7 heteroatoms. The summed E-state index contributed by atoms with van der Waals surface area (Å²) in [4.78, 5) is 17.2. The molecule has 0 bridgehead atoms. The van der Waals surface area contributed by atoms with Gasteiger partial charge in [0.15, 0.2) is 11.5 Å². The Hall–Kier alpha value is -2.93. The van der Waals surface area contributed by atoms with Crippen molar-refractivity contribution in [1.29, 1.82) is 0 Å². The van der Waals surface area contributed by atoms with Crippen LogP contribution in [0.5, 0.6) is 23.0 Å². The van der Waals surface area contributed by atoms with E-state index in [2.05, 4.69) is 23.1 Å². The van der Waals surface area contributed by atoms with Gasteiger partial charge in [0.1, 0.15) is 5.75 Å². The van der Waals surface area contributed by atoms with Crippen LogP contribution in [0.2, 0.25) is 0 Å². The molecule has 2 aliphatic rings. The predicted octanol–water partition coefficient (Wildman–Crippen LogP) is 2.92. The number of fused-ring (bicyclic) bond motifs is 1. The first-order valence-corrected chi connectivity index (χ1v) is 11.2. The highest BCUT2D eigenvalue weighted by Crippen LogP contribution is 2.40. The third kappa shape index (κ3) is 4.78. The lowest BCUT2D eigenvalue weighted by atomic mass is 10.1. The first-order chi connectivity index (χ1) is 15.6. The highest BCUT2D eigenvalue weighted by Gasteiger charge is 2.23. The second-order valence-electron chi connectivity index (χ2n) is 8.19. The van der Waals surface area contributed by atoms with Crippen molar-refractivity contribution in [2.75, 3.05) is 54.1 Å². The number of carbonyl (C=O) groups is 1. The van der Waals surface area contributed by atoms with Gasteiger partial charge in [-0.05, 0) is 35.2 Å². The van der Waals surface area contributed by atoms with E-state index >= 15 is 0 Å². The minimum atomic E-state index is 0.177. The van der Waals surface area contributed by atoms with Crippen LogP contribution in [-0.4, -0.2) is 69.8 Å². The van der Waals surface area contributed by atoms with Crippen LogP contribution in [0.25, 0.3) is 0 Å². The zero-order chi connectivity index (χ0) is 22.5. The van der Waals surface area contributed by atoms with Crippen LogP contribution in [0.3, 0.4) is 0 Å². The van der Waals surface area contributed by atoms with E-state index < -0.39 is 0 Å². The molecular formula is C25H32N2O5. The first-order valence-electron chi connectivity index (χ1n) is 11.2. The van der Waals surface area contributed by atoms with E-state index in [0.29, 0.717) is 30.1 Å². The molecular weight excluding hydrogens is 408 g/mol. The summed E-state index contributed by atoms with van der Waals surface area (Å²) in [5, 5.41) is 0. The van der Waals surface area contributed by atoms with Crippen molar-refractivity contribution in [2.45, 2.75) is 25.8 Å². The van der Waals surface area contributed by atoms with E-state index in [9.17, 15) is 4.79 Å². The van der Waals surface area contributed by atoms with Gasteiger partial charge in [-0.3, -0.25) is 9.69 Å². The largest absolute Gasteiger partial charge is 0.493 e. The summed E-state index contributed by atoms with van der Waals surface area (Å²) < 4.78 is 21.9. The molecule has 0 aliphatic carbocycles. The Kier molecular flexibility index (Phi) is 7.05. The number of amides is 1. The molecule has 0 aromatic heterocycles. The average Bonchev–Trinajstić information content (AvgIpc) is 3.30. The second-order valence-corrected chi connectivity index (χ2v) is 8.19. The zero-order valence-electron chi connectivity index (χ0n) is 19.2. The monoisotopic (exact) mass is 440 g/mol. The smallest absolute Gasteiger partial charge is 0.222 e. The lowest BCUT2D eigenvalue weighted by Crippen LogP contribution is -2.48. The van der Waals surface area contributed by atoms with Gasteiger partial charge >= 0.3 is 0 Å². The fourth-order valence-corrected chi connectivity index (χ4v) is 4.51. The lowest BCUT2D eigenvalue weighted by molar-refractivity contribution is -0.133. The lowest BCUT2D eigenvalue weighted by Gasteiger charge is -2.35. The van der Waals surface area contributed by atoms with Crippen LogP contribution < -0.4 is 18.9 Å². The summed E-state index contributed by atoms with van der Waals surface area (Å²) in [6.07, 6.45) is 2.03. The molecule has 2 heterocycles. The third-order valence-electron chi connectivity index (χ3n) is 6.28. The molecule has 0 radical (unpaired) electrons. The van der Waals surface area contributed by atoms with Crippen LogP contribution >= 0.6 is 0 Å². The van der Waals surface area contributed by atoms with Gasteiger partial charge in [-0.25, -0.2) is 0 Å². The fourth-order valence-electron chi connectivity index (χ4n) is 4.51. The standard InChI is InChI=1S/C25H32N2O5/c1-29-22-8-5-19(24(30-2)25(22)31-3)6-9-23(28)27-13-11-26(12-14-27)17-18-4-7-21-20(16-18)10-15-32-21/h4-5,7-8,16H,6,9-15,17H2,1-3H3. The quantitative estimate of drug-likeness (QED) is 0.629. The van der Waals surface area contributed by atoms with E-state index in [1.165, 1.54) is 11.1 Å². The SMILES string of the molecule is COc1ccc(CCC(=O)N2CCN(Cc3ccc4c(c3)CCO4)CC2)c(OC)c1OC. The molecule has 1 amide bonds. The van der Waals surface area contributed by atoms with E-state index in [-0.39, 0.29) is 5.91 Å². The Morgan fingerprint density at radius 3 is 2.47 bits per heavy atom. The maximum absolute atomic E-state index is 12.8. The number of rotatable bonds is 8. The first kappa shape index (κ1) is 22.3. The topological polar surface area (TPSA) is 60.5 Å². The van der Waals surface area contributed by atoms with Crippen LogP contribution in [0.15, 0.2) is 30.3 Å². The van der Waals surface area contributed by atoms with Crippen molar-refractivity contribution >= 4 is 5.91 Å². The number of ether oxygens (including phenoxy) is 4. The minimum absolute atomic E-state index is 0.177. The van der Waals surface area contributed by atoms with Crippen molar-refractivity contribution in [3.63, 3.8) is 0 Å². The molecule has 4 rings (SSSR count). The number of aryl methyl sites for hydroxylation is 1. The van der Waals surface area contributed by atoms with Gasteiger partial charge in [-0.1, -0.05) is 18.2 Å². The predicted molar refractivity (Wildman–Crippen MR) is 122 cm³/mol. The van der Waals surface area contributed by atoms with Crippen LogP contribution in [0.4, 0.5) is 0 Å². The van der Waals surface area contributed by atoms with Crippen molar-refractivity contribution in [2.24, 2.45) is 0 Å². The molecule has 0 N–H and O–H groups in total. The summed E-state index contributed by atoms with van der Waals surface area (Å²) in [5.74, 6) is 3.01. The van der Waals surface area contributed by atoms with E-state index in [4.69, 9.17) is 18.9 Å². The number of carbonyl (C=O) groups excluding carboxylic acids is 1. The molecule has 2 aromatic carbocycles. The van der Waals surface area contributed by atoms with Crippen LogP contribution in [0, 0.1) is 0 Å². The minimum Gasteiger partial charge on any atom is -0.493 e. The van der Waals surface area contributed by atoms with Crippen LogP contribution in [-0.2, 0) is 24.2 Å². The van der Waals surface area contributed by atoms with E-state index in [0.717, 1.165) is 57.1 Å². The number of hydrogen-bond acceptors (Lipinski definition) is 6. The highest BCUT2D eigenvalue weighted by molar-refractivity contribution is 5.76. The Morgan fingerprint density at radius 2 is 1.75 bits per heavy atom. The Labute approximate surface area is 189 Å². The molecule has 1 saturated heterocycles. The van der Waals surface area contributed by atoms with Crippen LogP contribution in [0.1, 0.15) is 23.1 Å². The number of piperazine rings is 1. The summed E-state index contributed by atoms with van der Waals surface area (Å²) in [5.41, 5.74) is 3.56. The summed E-state index contributed by atoms with van der Waals surface area (Å²) >= 11 is 0. The maximum Gasteiger partial charge on any atom is 0.222 e. The molecule has 172 valence electrons. The van der Waals surface area contributed by atoms with Crippen molar-refractivity contribution in [3.8, 4) is 23.0 Å². The molecule has 0 unspecified atom stereocenters. The van der Waals surface area contributed by atoms with Gasteiger partial charge in [0.05, 0.1) is 27.9 Å². The van der Waals surface area contributed by atoms with E-state index in [1.54, 1.807) is 21.3 Å². The molecule has 2 aromatic rings. The van der Waals surface area contributed by atoms with Gasteiger partial charge in [-0.2, -0.15) is 0 Å². The number of benzene rings is 2. The van der Waals surface area contributed by atoms with Crippen molar-refractivity contribution in [3.05, 3.63) is 47.0 Å².